The van der Waals surface area contributed by atoms with E-state index in [4.69, 9.17) is 9.47 Å². The van der Waals surface area contributed by atoms with E-state index in [1.165, 1.54) is 0 Å². The fraction of sp³-hybridized carbons (Fsp3) is 0.867. The van der Waals surface area contributed by atoms with Crippen LogP contribution in [0.25, 0.3) is 0 Å². The number of hydrogen-bond acceptors (Lipinski definition) is 5. The number of hydrogen-bond donors (Lipinski definition) is 1. The Morgan fingerprint density at radius 2 is 1.67 bits per heavy atom. The zero-order chi connectivity index (χ0) is 16.3. The lowest BCUT2D eigenvalue weighted by Crippen LogP contribution is -2.40. The van der Waals surface area contributed by atoms with E-state index in [9.17, 15) is 9.59 Å². The summed E-state index contributed by atoms with van der Waals surface area (Å²) in [5, 5.41) is 3.13. The first-order valence-electron chi connectivity index (χ1n) is 7.39. The topological polar surface area (TPSA) is 67.9 Å². The van der Waals surface area contributed by atoms with Gasteiger partial charge in [-0.3, -0.25) is 4.79 Å². The van der Waals surface area contributed by atoms with Gasteiger partial charge in [0.25, 0.3) is 0 Å². The molecule has 0 radical (unpaired) electrons. The average Bonchev–Trinajstić information content (AvgIpc) is 2.70. The lowest BCUT2D eigenvalue weighted by Gasteiger charge is -2.24. The van der Waals surface area contributed by atoms with Gasteiger partial charge in [0.15, 0.2) is 0 Å². The van der Waals surface area contributed by atoms with Crippen LogP contribution < -0.4 is 5.32 Å². The molecule has 122 valence electrons. The molecule has 6 nitrogen and oxygen atoms in total. The van der Waals surface area contributed by atoms with Gasteiger partial charge in [0.2, 0.25) is 0 Å². The standard InChI is InChI=1S/C15H28N2O4/c1-14(2,3)20-12(18)9-16-11-7-8-17(10-11)13(19)21-15(4,5)6/h11,16H,7-10H2,1-6H3/t11-/m1/s1. The Kier molecular flexibility index (Phi) is 5.61. The van der Waals surface area contributed by atoms with Crippen LogP contribution in [0.5, 0.6) is 0 Å². The normalized spacial score (nSPS) is 19.5. The molecule has 1 aliphatic rings. The number of esters is 1. The van der Waals surface area contributed by atoms with Crippen LogP contribution in [0.2, 0.25) is 0 Å². The van der Waals surface area contributed by atoms with Crippen molar-refractivity contribution >= 4 is 12.1 Å². The number of likely N-dealkylation sites (tertiary alicyclic amines) is 1. The van der Waals surface area contributed by atoms with Crippen molar-refractivity contribution < 1.29 is 19.1 Å². The van der Waals surface area contributed by atoms with E-state index in [-0.39, 0.29) is 24.6 Å². The van der Waals surface area contributed by atoms with E-state index in [2.05, 4.69) is 5.32 Å². The summed E-state index contributed by atoms with van der Waals surface area (Å²) < 4.78 is 10.6. The summed E-state index contributed by atoms with van der Waals surface area (Å²) in [5.74, 6) is -0.279. The molecule has 1 heterocycles. The highest BCUT2D eigenvalue weighted by atomic mass is 16.6. The SMILES string of the molecule is CC(C)(C)OC(=O)CN[C@@H]1CCN(C(=O)OC(C)(C)C)C1. The molecular weight excluding hydrogens is 272 g/mol. The number of ether oxygens (including phenoxy) is 2. The average molecular weight is 300 g/mol. The Labute approximate surface area is 127 Å². The zero-order valence-corrected chi connectivity index (χ0v) is 14.0. The highest BCUT2D eigenvalue weighted by Crippen LogP contribution is 2.15. The Hall–Kier alpha value is -1.30. The van der Waals surface area contributed by atoms with E-state index in [0.29, 0.717) is 13.1 Å². The molecule has 0 aromatic heterocycles. The molecular formula is C15H28N2O4. The van der Waals surface area contributed by atoms with Crippen LogP contribution in [0.4, 0.5) is 4.79 Å². The minimum atomic E-state index is -0.487. The van der Waals surface area contributed by atoms with Crippen molar-refractivity contribution in [2.45, 2.75) is 65.2 Å². The van der Waals surface area contributed by atoms with Gasteiger partial charge in [-0.2, -0.15) is 0 Å². The summed E-state index contributed by atoms with van der Waals surface area (Å²) in [5.41, 5.74) is -0.962. The summed E-state index contributed by atoms with van der Waals surface area (Å²) >= 11 is 0. The smallest absolute Gasteiger partial charge is 0.410 e. The van der Waals surface area contributed by atoms with E-state index >= 15 is 0 Å². The van der Waals surface area contributed by atoms with Gasteiger partial charge in [-0.15, -0.1) is 0 Å². The molecule has 1 amide bonds. The van der Waals surface area contributed by atoms with Crippen LogP contribution in [0.3, 0.4) is 0 Å². The second-order valence-corrected chi connectivity index (χ2v) is 7.38. The first-order chi connectivity index (χ1) is 9.46. The zero-order valence-electron chi connectivity index (χ0n) is 14.0. The third-order valence-corrected chi connectivity index (χ3v) is 2.80. The minimum absolute atomic E-state index is 0.102. The molecule has 1 saturated heterocycles. The number of nitrogens with zero attached hydrogens (tertiary/aromatic N) is 1. The summed E-state index contributed by atoms with van der Waals surface area (Å²) in [6.45, 7) is 12.4. The number of rotatable bonds is 3. The first-order valence-corrected chi connectivity index (χ1v) is 7.39. The monoisotopic (exact) mass is 300 g/mol. The van der Waals surface area contributed by atoms with Crippen LogP contribution in [0.15, 0.2) is 0 Å². The Bertz CT molecular complexity index is 382. The fourth-order valence-electron chi connectivity index (χ4n) is 2.02. The van der Waals surface area contributed by atoms with Crippen LogP contribution in [-0.2, 0) is 14.3 Å². The van der Waals surface area contributed by atoms with Gasteiger partial charge < -0.3 is 19.7 Å². The van der Waals surface area contributed by atoms with Crippen molar-refractivity contribution in [1.29, 1.82) is 0 Å². The Morgan fingerprint density at radius 1 is 1.10 bits per heavy atom. The third kappa shape index (κ3) is 7.32. The highest BCUT2D eigenvalue weighted by molar-refractivity contribution is 5.72. The van der Waals surface area contributed by atoms with Crippen molar-refractivity contribution in [2.24, 2.45) is 0 Å². The molecule has 1 fully saturated rings. The van der Waals surface area contributed by atoms with Crippen molar-refractivity contribution in [3.05, 3.63) is 0 Å². The second-order valence-electron chi connectivity index (χ2n) is 7.38. The molecule has 6 heteroatoms. The largest absolute Gasteiger partial charge is 0.459 e. The molecule has 0 bridgehead atoms. The van der Waals surface area contributed by atoms with E-state index in [0.717, 1.165) is 6.42 Å². The first kappa shape index (κ1) is 17.8. The van der Waals surface area contributed by atoms with Crippen LogP contribution in [-0.4, -0.2) is 53.8 Å². The van der Waals surface area contributed by atoms with Crippen LogP contribution in [0.1, 0.15) is 48.0 Å². The number of carbonyl (C=O) groups is 2. The quantitative estimate of drug-likeness (QED) is 0.807. The van der Waals surface area contributed by atoms with Gasteiger partial charge in [0.1, 0.15) is 11.2 Å². The van der Waals surface area contributed by atoms with Crippen molar-refractivity contribution in [3.8, 4) is 0 Å². The predicted molar refractivity (Wildman–Crippen MR) is 80.1 cm³/mol. The van der Waals surface area contributed by atoms with Gasteiger partial charge in [-0.1, -0.05) is 0 Å². The summed E-state index contributed by atoms with van der Waals surface area (Å²) in [7, 11) is 0. The van der Waals surface area contributed by atoms with Gasteiger partial charge in [-0.25, -0.2) is 4.79 Å². The molecule has 0 unspecified atom stereocenters. The lowest BCUT2D eigenvalue weighted by molar-refractivity contribution is -0.153. The van der Waals surface area contributed by atoms with Crippen LogP contribution in [0, 0.1) is 0 Å². The molecule has 21 heavy (non-hydrogen) atoms. The van der Waals surface area contributed by atoms with Gasteiger partial charge in [0, 0.05) is 19.1 Å². The second kappa shape index (κ2) is 6.64. The van der Waals surface area contributed by atoms with Gasteiger partial charge in [0.05, 0.1) is 6.54 Å². The molecule has 0 aliphatic carbocycles. The maximum atomic E-state index is 11.9. The highest BCUT2D eigenvalue weighted by Gasteiger charge is 2.30. The number of nitrogens with one attached hydrogen (secondary N) is 1. The molecule has 0 spiro atoms. The van der Waals surface area contributed by atoms with Crippen molar-refractivity contribution in [3.63, 3.8) is 0 Å². The molecule has 1 N–H and O–H groups in total. The lowest BCUT2D eigenvalue weighted by atomic mass is 10.2. The molecule has 1 aliphatic heterocycles. The maximum absolute atomic E-state index is 11.9. The van der Waals surface area contributed by atoms with Crippen molar-refractivity contribution in [2.75, 3.05) is 19.6 Å². The molecule has 0 saturated carbocycles. The summed E-state index contributed by atoms with van der Waals surface area (Å²) in [4.78, 5) is 25.2. The number of amides is 1. The van der Waals surface area contributed by atoms with Gasteiger partial charge >= 0.3 is 12.1 Å². The minimum Gasteiger partial charge on any atom is -0.459 e. The summed E-state index contributed by atoms with van der Waals surface area (Å²) in [6, 6.07) is 0.102. The maximum Gasteiger partial charge on any atom is 0.410 e. The Balaban J connectivity index is 2.32. The molecule has 0 aromatic carbocycles. The van der Waals surface area contributed by atoms with E-state index in [1.54, 1.807) is 4.90 Å². The van der Waals surface area contributed by atoms with Crippen molar-refractivity contribution in [1.82, 2.24) is 10.2 Å². The third-order valence-electron chi connectivity index (χ3n) is 2.80. The van der Waals surface area contributed by atoms with Crippen LogP contribution >= 0.6 is 0 Å². The molecule has 0 aromatic rings. The Morgan fingerprint density at radius 3 is 2.19 bits per heavy atom. The predicted octanol–water partition coefficient (Wildman–Crippen LogP) is 1.93. The van der Waals surface area contributed by atoms with E-state index < -0.39 is 11.2 Å². The number of carbonyl (C=O) groups excluding carboxylic acids is 2. The van der Waals surface area contributed by atoms with E-state index in [1.807, 2.05) is 41.5 Å². The molecule has 1 rings (SSSR count). The summed E-state index contributed by atoms with van der Waals surface area (Å²) in [6.07, 6.45) is 0.506. The fourth-order valence-corrected chi connectivity index (χ4v) is 2.02. The van der Waals surface area contributed by atoms with Gasteiger partial charge in [-0.05, 0) is 48.0 Å². The molecule has 1 atom stereocenters.